The van der Waals surface area contributed by atoms with Gasteiger partial charge in [0.25, 0.3) is 20.6 Å². The van der Waals surface area contributed by atoms with Crippen LogP contribution in [0.3, 0.4) is 0 Å². The number of amides is 1. The van der Waals surface area contributed by atoms with Gasteiger partial charge < -0.3 is 10.1 Å². The molecule has 0 aromatic heterocycles. The average molecular weight is 337 g/mol. The number of nitro groups is 1. The molecule has 0 saturated heterocycles. The van der Waals surface area contributed by atoms with Gasteiger partial charge in [0.15, 0.2) is 6.10 Å². The summed E-state index contributed by atoms with van der Waals surface area (Å²) in [6, 6.07) is 1.93. The zero-order valence-electron chi connectivity index (χ0n) is 11.4. The quantitative estimate of drug-likeness (QED) is 0.493. The Bertz CT molecular complexity index is 688. The van der Waals surface area contributed by atoms with Gasteiger partial charge in [0.2, 0.25) is 0 Å². The van der Waals surface area contributed by atoms with Gasteiger partial charge in [0.1, 0.15) is 10.6 Å². The summed E-state index contributed by atoms with van der Waals surface area (Å²) >= 11 is 0. The Kier molecular flexibility index (Phi) is 5.13. The minimum Gasteiger partial charge on any atom is -0.479 e. The number of non-ortho nitro benzene ring substituents is 1. The van der Waals surface area contributed by atoms with Crippen molar-refractivity contribution in [3.8, 4) is 5.75 Å². The summed E-state index contributed by atoms with van der Waals surface area (Å²) in [7, 11) is 2.39. The third-order valence-corrected chi connectivity index (χ3v) is 3.94. The Morgan fingerprint density at radius 2 is 2.05 bits per heavy atom. The van der Waals surface area contributed by atoms with Crippen LogP contribution in [0.5, 0.6) is 5.75 Å². The van der Waals surface area contributed by atoms with Crippen LogP contribution in [-0.2, 0) is 13.8 Å². The maximum absolute atomic E-state index is 11.6. The molecule has 1 unspecified atom stereocenters. The van der Waals surface area contributed by atoms with E-state index in [-0.39, 0.29) is 11.3 Å². The van der Waals surface area contributed by atoms with E-state index in [9.17, 15) is 23.3 Å². The minimum absolute atomic E-state index is 0.180. The fourth-order valence-corrected chi connectivity index (χ4v) is 2.63. The van der Waals surface area contributed by atoms with Crippen molar-refractivity contribution in [2.24, 2.45) is 0 Å². The van der Waals surface area contributed by atoms with Crippen LogP contribution in [0, 0.1) is 17.0 Å². The second-order valence-electron chi connectivity index (χ2n) is 4.16. The van der Waals surface area contributed by atoms with Crippen molar-refractivity contribution in [1.29, 1.82) is 0 Å². The smallest absolute Gasteiger partial charge is 0.271 e. The van der Waals surface area contributed by atoms with Crippen LogP contribution < -0.4 is 10.1 Å². The molecule has 1 rings (SSSR count). The van der Waals surface area contributed by atoms with Crippen LogP contribution in [0.1, 0.15) is 12.5 Å². The normalized spacial score (nSPS) is 12.6. The summed E-state index contributed by atoms with van der Waals surface area (Å²) in [6.45, 7) is 2.83. The SMILES string of the molecule is CNC(=O)C(C)Oc1c(C)cc([N+](=O)[O-])cc1S(=O)(=O)Cl. The second-order valence-corrected chi connectivity index (χ2v) is 6.69. The lowest BCUT2D eigenvalue weighted by molar-refractivity contribution is -0.385. The number of hydrogen-bond acceptors (Lipinski definition) is 6. The molecule has 0 aliphatic rings. The highest BCUT2D eigenvalue weighted by Gasteiger charge is 2.26. The number of carbonyl (C=O) groups excluding carboxylic acids is 1. The van der Waals surface area contributed by atoms with Crippen molar-refractivity contribution < 1.29 is 22.9 Å². The molecule has 1 aromatic rings. The Labute approximate surface area is 125 Å². The first-order valence-corrected chi connectivity index (χ1v) is 8.00. The Balaban J connectivity index is 3.44. The predicted octanol–water partition coefficient (Wildman–Crippen LogP) is 1.34. The summed E-state index contributed by atoms with van der Waals surface area (Å²) in [5.41, 5.74) is -0.258. The molecule has 0 fully saturated rings. The molecule has 1 N–H and O–H groups in total. The summed E-state index contributed by atoms with van der Waals surface area (Å²) < 4.78 is 28.4. The van der Waals surface area contributed by atoms with Crippen molar-refractivity contribution in [3.63, 3.8) is 0 Å². The van der Waals surface area contributed by atoms with Crippen LogP contribution in [-0.4, -0.2) is 32.4 Å². The Morgan fingerprint density at radius 1 is 1.48 bits per heavy atom. The van der Waals surface area contributed by atoms with Gasteiger partial charge in [-0.25, -0.2) is 8.42 Å². The number of halogens is 1. The first-order chi connectivity index (χ1) is 9.57. The van der Waals surface area contributed by atoms with E-state index in [1.807, 2.05) is 0 Å². The van der Waals surface area contributed by atoms with Crippen LogP contribution in [0.15, 0.2) is 17.0 Å². The molecule has 0 aliphatic carbocycles. The fraction of sp³-hybridized carbons (Fsp3) is 0.364. The Hall–Kier alpha value is -1.87. The number of carbonyl (C=O) groups is 1. The number of nitrogens with one attached hydrogen (secondary N) is 1. The third-order valence-electron chi connectivity index (χ3n) is 2.61. The van der Waals surface area contributed by atoms with E-state index < -0.39 is 36.6 Å². The molecule has 0 radical (unpaired) electrons. The molecule has 0 spiro atoms. The first kappa shape index (κ1) is 17.2. The number of likely N-dealkylation sites (N-methyl/N-ethyl adjacent to an activating group) is 1. The van der Waals surface area contributed by atoms with Crippen LogP contribution in [0.4, 0.5) is 5.69 Å². The van der Waals surface area contributed by atoms with Gasteiger partial charge in [-0.2, -0.15) is 0 Å². The van der Waals surface area contributed by atoms with Gasteiger partial charge in [-0.05, 0) is 19.4 Å². The molecule has 0 aliphatic heterocycles. The number of benzene rings is 1. The third kappa shape index (κ3) is 4.05. The minimum atomic E-state index is -4.28. The monoisotopic (exact) mass is 336 g/mol. The molecular formula is C11H13ClN2O6S. The van der Waals surface area contributed by atoms with Crippen LogP contribution in [0.25, 0.3) is 0 Å². The molecule has 1 amide bonds. The van der Waals surface area contributed by atoms with Crippen LogP contribution in [0.2, 0.25) is 0 Å². The lowest BCUT2D eigenvalue weighted by atomic mass is 10.2. The molecule has 0 bridgehead atoms. The molecular weight excluding hydrogens is 324 g/mol. The number of nitro benzene ring substituents is 1. The number of ether oxygens (including phenoxy) is 1. The molecule has 0 heterocycles. The van der Waals surface area contributed by atoms with Gasteiger partial charge >= 0.3 is 0 Å². The van der Waals surface area contributed by atoms with E-state index in [0.717, 1.165) is 12.1 Å². The molecule has 0 saturated carbocycles. The summed E-state index contributed by atoms with van der Waals surface area (Å²) in [5.74, 6) is -0.669. The summed E-state index contributed by atoms with van der Waals surface area (Å²) in [4.78, 5) is 20.9. The lowest BCUT2D eigenvalue weighted by Gasteiger charge is -2.17. The van der Waals surface area contributed by atoms with Gasteiger partial charge in [-0.15, -0.1) is 0 Å². The summed E-state index contributed by atoms with van der Waals surface area (Å²) in [5, 5.41) is 13.1. The second kappa shape index (κ2) is 6.27. The van der Waals surface area contributed by atoms with Gasteiger partial charge in [-0.3, -0.25) is 14.9 Å². The van der Waals surface area contributed by atoms with E-state index >= 15 is 0 Å². The van der Waals surface area contributed by atoms with E-state index in [1.165, 1.54) is 20.9 Å². The van der Waals surface area contributed by atoms with Gasteiger partial charge in [0, 0.05) is 29.9 Å². The number of nitrogens with zero attached hydrogens (tertiary/aromatic N) is 1. The van der Waals surface area contributed by atoms with E-state index in [1.54, 1.807) is 0 Å². The Morgan fingerprint density at radius 3 is 2.48 bits per heavy atom. The van der Waals surface area contributed by atoms with Crippen molar-refractivity contribution >= 4 is 31.3 Å². The molecule has 8 nitrogen and oxygen atoms in total. The zero-order valence-corrected chi connectivity index (χ0v) is 13.0. The van der Waals surface area contributed by atoms with Gasteiger partial charge in [-0.1, -0.05) is 0 Å². The molecule has 116 valence electrons. The molecule has 21 heavy (non-hydrogen) atoms. The number of aryl methyl sites for hydroxylation is 1. The van der Waals surface area contributed by atoms with E-state index in [0.29, 0.717) is 0 Å². The molecule has 1 aromatic carbocycles. The average Bonchev–Trinajstić information content (AvgIpc) is 2.37. The highest BCUT2D eigenvalue weighted by Crippen LogP contribution is 2.35. The van der Waals surface area contributed by atoms with Crippen molar-refractivity contribution in [1.82, 2.24) is 5.32 Å². The maximum Gasteiger partial charge on any atom is 0.271 e. The highest BCUT2D eigenvalue weighted by molar-refractivity contribution is 8.13. The highest BCUT2D eigenvalue weighted by atomic mass is 35.7. The number of hydrogen-bond donors (Lipinski definition) is 1. The van der Waals surface area contributed by atoms with Gasteiger partial charge in [0.05, 0.1) is 4.92 Å². The van der Waals surface area contributed by atoms with E-state index in [4.69, 9.17) is 15.4 Å². The van der Waals surface area contributed by atoms with E-state index in [2.05, 4.69) is 5.32 Å². The summed E-state index contributed by atoms with van der Waals surface area (Å²) in [6.07, 6.45) is -0.993. The zero-order chi connectivity index (χ0) is 16.4. The first-order valence-electron chi connectivity index (χ1n) is 5.70. The van der Waals surface area contributed by atoms with Crippen molar-refractivity contribution in [2.45, 2.75) is 24.8 Å². The number of rotatable bonds is 5. The molecule has 10 heteroatoms. The standard InChI is InChI=1S/C11H13ClN2O6S/c1-6-4-8(14(16)17)5-9(21(12,18)19)10(6)20-7(2)11(15)13-3/h4-5,7H,1-3H3,(H,13,15). The molecule has 1 atom stereocenters. The lowest BCUT2D eigenvalue weighted by Crippen LogP contribution is -2.34. The van der Waals surface area contributed by atoms with Crippen LogP contribution >= 0.6 is 10.7 Å². The largest absolute Gasteiger partial charge is 0.479 e. The topological polar surface area (TPSA) is 116 Å². The van der Waals surface area contributed by atoms with Crippen molar-refractivity contribution in [3.05, 3.63) is 27.8 Å². The fourth-order valence-electron chi connectivity index (χ4n) is 1.59. The van der Waals surface area contributed by atoms with Crippen molar-refractivity contribution in [2.75, 3.05) is 7.05 Å². The predicted molar refractivity (Wildman–Crippen MR) is 75.0 cm³/mol. The maximum atomic E-state index is 11.6.